The van der Waals surface area contributed by atoms with E-state index in [0.29, 0.717) is 12.0 Å². The van der Waals surface area contributed by atoms with Crippen molar-refractivity contribution in [2.75, 3.05) is 13.7 Å². The highest BCUT2D eigenvalue weighted by Gasteiger charge is 2.20. The molecule has 150 valence electrons. The molecule has 0 saturated heterocycles. The molecule has 28 heavy (non-hydrogen) atoms. The van der Waals surface area contributed by atoms with Crippen LogP contribution in [0.1, 0.15) is 45.7 Å². The predicted octanol–water partition coefficient (Wildman–Crippen LogP) is 3.41. The van der Waals surface area contributed by atoms with Gasteiger partial charge in [0.25, 0.3) is 0 Å². The molecule has 0 aliphatic carbocycles. The zero-order valence-electron chi connectivity index (χ0n) is 15.9. The molecule has 8 heteroatoms. The minimum atomic E-state index is -3.75. The molecule has 0 spiro atoms. The van der Waals surface area contributed by atoms with E-state index in [-0.39, 0.29) is 21.3 Å². The SMILES string of the molecule is CCc1ccc(CC)c(C(=O)COC(=O)c2cc(S(=O)(=O)NC)ccc2Cl)c1. The van der Waals surface area contributed by atoms with Gasteiger partial charge in [0.2, 0.25) is 15.8 Å². The molecule has 0 aliphatic heterocycles. The molecule has 0 saturated carbocycles. The lowest BCUT2D eigenvalue weighted by molar-refractivity contribution is 0.0474. The average Bonchev–Trinajstić information content (AvgIpc) is 2.71. The predicted molar refractivity (Wildman–Crippen MR) is 108 cm³/mol. The molecule has 2 rings (SSSR count). The van der Waals surface area contributed by atoms with E-state index < -0.39 is 22.6 Å². The highest BCUT2D eigenvalue weighted by Crippen LogP contribution is 2.22. The Hall–Kier alpha value is -2.22. The molecular formula is C20H22ClNO5S. The van der Waals surface area contributed by atoms with Gasteiger partial charge in [-0.05, 0) is 55.3 Å². The number of rotatable bonds is 8. The number of ketones is 1. The summed E-state index contributed by atoms with van der Waals surface area (Å²) in [6, 6.07) is 9.37. The van der Waals surface area contributed by atoms with Crippen LogP contribution in [0, 0.1) is 0 Å². The molecule has 0 aliphatic rings. The summed E-state index contributed by atoms with van der Waals surface area (Å²) < 4.78 is 31.1. The summed E-state index contributed by atoms with van der Waals surface area (Å²) in [7, 11) is -2.49. The van der Waals surface area contributed by atoms with Crippen LogP contribution >= 0.6 is 11.6 Å². The van der Waals surface area contributed by atoms with Crippen molar-refractivity contribution in [3.8, 4) is 0 Å². The van der Waals surface area contributed by atoms with Crippen LogP contribution in [0.3, 0.4) is 0 Å². The van der Waals surface area contributed by atoms with Gasteiger partial charge in [0.15, 0.2) is 6.61 Å². The first-order chi connectivity index (χ1) is 13.2. The van der Waals surface area contributed by atoms with Gasteiger partial charge in [-0.15, -0.1) is 0 Å². The third-order valence-electron chi connectivity index (χ3n) is 4.33. The highest BCUT2D eigenvalue weighted by atomic mass is 35.5. The Balaban J connectivity index is 2.21. The minimum absolute atomic E-state index is 0.0368. The number of carbonyl (C=O) groups excluding carboxylic acids is 2. The Kier molecular flexibility index (Phi) is 7.35. The summed E-state index contributed by atoms with van der Waals surface area (Å²) >= 11 is 6.00. The number of ether oxygens (including phenoxy) is 1. The lowest BCUT2D eigenvalue weighted by atomic mass is 9.98. The third-order valence-corrected chi connectivity index (χ3v) is 6.08. The molecular weight excluding hydrogens is 402 g/mol. The summed E-state index contributed by atoms with van der Waals surface area (Å²) in [5.41, 5.74) is 2.29. The standard InChI is InChI=1S/C20H22ClNO5S/c1-4-13-6-7-14(5-2)16(10-13)19(23)12-27-20(24)17-11-15(8-9-18(17)21)28(25,26)22-3/h6-11,22H,4-5,12H2,1-3H3. The molecule has 0 bridgehead atoms. The number of hydrogen-bond acceptors (Lipinski definition) is 5. The van der Waals surface area contributed by atoms with Gasteiger partial charge < -0.3 is 4.74 Å². The Morgan fingerprint density at radius 3 is 2.36 bits per heavy atom. The Labute approximate surface area is 169 Å². The number of esters is 1. The van der Waals surface area contributed by atoms with Crippen LogP contribution in [0.2, 0.25) is 5.02 Å². The lowest BCUT2D eigenvalue weighted by Crippen LogP contribution is -2.20. The fraction of sp³-hybridized carbons (Fsp3) is 0.300. The van der Waals surface area contributed by atoms with Crippen LogP contribution in [-0.2, 0) is 27.6 Å². The van der Waals surface area contributed by atoms with E-state index in [1.165, 1.54) is 19.2 Å². The zero-order chi connectivity index (χ0) is 20.9. The molecule has 0 fully saturated rings. The Bertz CT molecular complexity index is 1000. The van der Waals surface area contributed by atoms with Crippen molar-refractivity contribution >= 4 is 33.4 Å². The number of carbonyl (C=O) groups is 2. The summed E-state index contributed by atoms with van der Waals surface area (Å²) in [5, 5.41) is 0.0368. The van der Waals surface area contributed by atoms with E-state index in [1.807, 2.05) is 32.0 Å². The maximum atomic E-state index is 12.6. The van der Waals surface area contributed by atoms with E-state index in [0.717, 1.165) is 23.6 Å². The van der Waals surface area contributed by atoms with Crippen molar-refractivity contribution in [3.05, 3.63) is 63.7 Å². The molecule has 2 aromatic rings. The van der Waals surface area contributed by atoms with Gasteiger partial charge in [0.1, 0.15) is 0 Å². The lowest BCUT2D eigenvalue weighted by Gasteiger charge is -2.11. The number of benzene rings is 2. The topological polar surface area (TPSA) is 89.5 Å². The normalized spacial score (nSPS) is 11.3. The van der Waals surface area contributed by atoms with Crippen molar-refractivity contribution in [1.82, 2.24) is 4.72 Å². The number of Topliss-reactive ketones (excluding diaryl/α,β-unsaturated/α-hetero) is 1. The Morgan fingerprint density at radius 2 is 1.75 bits per heavy atom. The van der Waals surface area contributed by atoms with E-state index in [2.05, 4.69) is 4.72 Å². The molecule has 0 aromatic heterocycles. The van der Waals surface area contributed by atoms with Gasteiger partial charge in [-0.25, -0.2) is 17.9 Å². The molecule has 6 nitrogen and oxygen atoms in total. The van der Waals surface area contributed by atoms with Crippen LogP contribution in [0.4, 0.5) is 0 Å². The third kappa shape index (κ3) is 4.98. The van der Waals surface area contributed by atoms with Gasteiger partial charge in [-0.3, -0.25) is 4.79 Å². The van der Waals surface area contributed by atoms with Gasteiger partial charge in [-0.1, -0.05) is 37.6 Å². The van der Waals surface area contributed by atoms with Crippen LogP contribution in [0.5, 0.6) is 0 Å². The zero-order valence-corrected chi connectivity index (χ0v) is 17.5. The molecule has 0 amide bonds. The monoisotopic (exact) mass is 423 g/mol. The van der Waals surface area contributed by atoms with Crippen LogP contribution in [0.15, 0.2) is 41.3 Å². The number of sulfonamides is 1. The molecule has 0 atom stereocenters. The second kappa shape index (κ2) is 9.32. The maximum Gasteiger partial charge on any atom is 0.340 e. The number of aryl methyl sites for hydroxylation is 2. The summed E-state index contributed by atoms with van der Waals surface area (Å²) in [6.07, 6.45) is 1.46. The van der Waals surface area contributed by atoms with Gasteiger partial charge in [-0.2, -0.15) is 0 Å². The fourth-order valence-electron chi connectivity index (χ4n) is 2.64. The summed E-state index contributed by atoms with van der Waals surface area (Å²) in [4.78, 5) is 24.8. The molecule has 0 radical (unpaired) electrons. The second-order valence-corrected chi connectivity index (χ2v) is 8.34. The van der Waals surface area contributed by atoms with Gasteiger partial charge >= 0.3 is 5.97 Å². The van der Waals surface area contributed by atoms with Crippen LogP contribution < -0.4 is 4.72 Å². The van der Waals surface area contributed by atoms with Gasteiger partial charge in [0, 0.05) is 5.56 Å². The van der Waals surface area contributed by atoms with E-state index in [9.17, 15) is 18.0 Å². The van der Waals surface area contributed by atoms with Crippen molar-refractivity contribution in [3.63, 3.8) is 0 Å². The van der Waals surface area contributed by atoms with Crippen molar-refractivity contribution in [2.24, 2.45) is 0 Å². The molecule has 0 heterocycles. The first-order valence-electron chi connectivity index (χ1n) is 8.78. The molecule has 1 N–H and O–H groups in total. The van der Waals surface area contributed by atoms with E-state index >= 15 is 0 Å². The average molecular weight is 424 g/mol. The summed E-state index contributed by atoms with van der Waals surface area (Å²) in [6.45, 7) is 3.47. The number of nitrogens with one attached hydrogen (secondary N) is 1. The summed E-state index contributed by atoms with van der Waals surface area (Å²) in [5.74, 6) is -1.19. The number of hydrogen-bond donors (Lipinski definition) is 1. The highest BCUT2D eigenvalue weighted by molar-refractivity contribution is 7.89. The van der Waals surface area contributed by atoms with E-state index in [1.54, 1.807) is 0 Å². The van der Waals surface area contributed by atoms with Crippen molar-refractivity contribution in [2.45, 2.75) is 31.6 Å². The first-order valence-corrected chi connectivity index (χ1v) is 10.6. The number of halogens is 1. The van der Waals surface area contributed by atoms with Crippen LogP contribution in [0.25, 0.3) is 0 Å². The second-order valence-electron chi connectivity index (χ2n) is 6.05. The van der Waals surface area contributed by atoms with Crippen molar-refractivity contribution in [1.29, 1.82) is 0 Å². The molecule has 2 aromatic carbocycles. The quantitative estimate of drug-likeness (QED) is 0.519. The largest absolute Gasteiger partial charge is 0.454 e. The smallest absolute Gasteiger partial charge is 0.340 e. The minimum Gasteiger partial charge on any atom is -0.454 e. The van der Waals surface area contributed by atoms with E-state index in [4.69, 9.17) is 16.3 Å². The molecule has 0 unspecified atom stereocenters. The van der Waals surface area contributed by atoms with Crippen molar-refractivity contribution < 1.29 is 22.7 Å². The fourth-order valence-corrected chi connectivity index (χ4v) is 3.59. The Morgan fingerprint density at radius 1 is 1.04 bits per heavy atom. The first kappa shape index (κ1) is 22.1. The maximum absolute atomic E-state index is 12.6. The van der Waals surface area contributed by atoms with Gasteiger partial charge in [0.05, 0.1) is 15.5 Å². The van der Waals surface area contributed by atoms with Crippen LogP contribution in [-0.4, -0.2) is 33.8 Å².